The lowest BCUT2D eigenvalue weighted by atomic mass is 10.1. The molecule has 2 rings (SSSR count). The van der Waals surface area contributed by atoms with E-state index in [-0.39, 0.29) is 11.6 Å². The Morgan fingerprint density at radius 3 is 3.05 bits per heavy atom. The Hall–Kier alpha value is -0.880. The van der Waals surface area contributed by atoms with E-state index in [0.29, 0.717) is 10.5 Å². The molecule has 0 amide bonds. The van der Waals surface area contributed by atoms with Crippen molar-refractivity contribution in [2.24, 2.45) is 0 Å². The van der Waals surface area contributed by atoms with Gasteiger partial charge in [0.15, 0.2) is 0 Å². The first-order valence-electron chi connectivity index (χ1n) is 6.84. The van der Waals surface area contributed by atoms with Gasteiger partial charge >= 0.3 is 0 Å². The van der Waals surface area contributed by atoms with Crippen molar-refractivity contribution >= 4 is 21.6 Å². The van der Waals surface area contributed by atoms with E-state index in [1.807, 2.05) is 13.8 Å². The molecule has 1 aromatic heterocycles. The van der Waals surface area contributed by atoms with Crippen LogP contribution in [-0.2, 0) is 0 Å². The lowest BCUT2D eigenvalue weighted by Gasteiger charge is -2.14. The highest BCUT2D eigenvalue weighted by Crippen LogP contribution is 2.17. The number of rotatable bonds is 5. The highest BCUT2D eigenvalue weighted by Gasteiger charge is 2.14. The standard InChI is InChI=1S/C13H21BrN4O/c1-9(2)18-13(19)12(14)11(8-17-18)16-7-5-10-4-3-6-15-10/h8-10,15-16H,3-7H2,1-2H3. The molecular weight excluding hydrogens is 308 g/mol. The lowest BCUT2D eigenvalue weighted by molar-refractivity contribution is 0.501. The third-order valence-electron chi connectivity index (χ3n) is 3.40. The average molecular weight is 329 g/mol. The molecule has 0 aromatic carbocycles. The maximum atomic E-state index is 12.1. The van der Waals surface area contributed by atoms with Crippen LogP contribution >= 0.6 is 15.9 Å². The van der Waals surface area contributed by atoms with Crippen molar-refractivity contribution in [3.8, 4) is 0 Å². The second kappa shape index (κ2) is 6.52. The zero-order valence-electron chi connectivity index (χ0n) is 11.4. The van der Waals surface area contributed by atoms with E-state index in [1.165, 1.54) is 17.5 Å². The molecule has 0 bridgehead atoms. The third-order valence-corrected chi connectivity index (χ3v) is 4.17. The quantitative estimate of drug-likeness (QED) is 0.869. The highest BCUT2D eigenvalue weighted by molar-refractivity contribution is 9.10. The van der Waals surface area contributed by atoms with Crippen molar-refractivity contribution in [2.45, 2.75) is 45.2 Å². The minimum absolute atomic E-state index is 0.0699. The van der Waals surface area contributed by atoms with Gasteiger partial charge in [0.2, 0.25) is 0 Å². The number of anilines is 1. The van der Waals surface area contributed by atoms with Crippen LogP contribution in [0.4, 0.5) is 5.69 Å². The van der Waals surface area contributed by atoms with Gasteiger partial charge in [0.25, 0.3) is 5.56 Å². The van der Waals surface area contributed by atoms with E-state index in [9.17, 15) is 4.79 Å². The smallest absolute Gasteiger partial charge is 0.283 e. The molecule has 0 aliphatic carbocycles. The summed E-state index contributed by atoms with van der Waals surface area (Å²) in [7, 11) is 0. The van der Waals surface area contributed by atoms with Crippen LogP contribution in [0.1, 0.15) is 39.2 Å². The molecule has 0 saturated carbocycles. The molecular formula is C13H21BrN4O. The number of aromatic nitrogens is 2. The highest BCUT2D eigenvalue weighted by atomic mass is 79.9. The molecule has 1 saturated heterocycles. The minimum Gasteiger partial charge on any atom is -0.383 e. The van der Waals surface area contributed by atoms with E-state index in [2.05, 4.69) is 31.7 Å². The number of hydrogen-bond donors (Lipinski definition) is 2. The van der Waals surface area contributed by atoms with Gasteiger partial charge in [0, 0.05) is 12.6 Å². The van der Waals surface area contributed by atoms with E-state index < -0.39 is 0 Å². The maximum absolute atomic E-state index is 12.1. The molecule has 1 unspecified atom stereocenters. The van der Waals surface area contributed by atoms with Gasteiger partial charge in [-0.15, -0.1) is 0 Å². The van der Waals surface area contributed by atoms with E-state index >= 15 is 0 Å². The third kappa shape index (κ3) is 3.57. The predicted molar refractivity (Wildman–Crippen MR) is 80.7 cm³/mol. The van der Waals surface area contributed by atoms with Crippen LogP contribution in [-0.4, -0.2) is 28.9 Å². The van der Waals surface area contributed by atoms with Gasteiger partial charge in [0.1, 0.15) is 4.47 Å². The Labute approximate surface area is 121 Å². The summed E-state index contributed by atoms with van der Waals surface area (Å²) in [4.78, 5) is 12.1. The summed E-state index contributed by atoms with van der Waals surface area (Å²) in [5.41, 5.74) is 0.693. The molecule has 106 valence electrons. The molecule has 1 atom stereocenters. The van der Waals surface area contributed by atoms with Crippen molar-refractivity contribution in [2.75, 3.05) is 18.4 Å². The van der Waals surface area contributed by atoms with Crippen molar-refractivity contribution in [1.82, 2.24) is 15.1 Å². The zero-order valence-corrected chi connectivity index (χ0v) is 13.0. The summed E-state index contributed by atoms with van der Waals surface area (Å²) < 4.78 is 2.05. The Morgan fingerprint density at radius 1 is 1.63 bits per heavy atom. The summed E-state index contributed by atoms with van der Waals surface area (Å²) in [5.74, 6) is 0. The zero-order chi connectivity index (χ0) is 13.8. The fraction of sp³-hybridized carbons (Fsp3) is 0.692. The minimum atomic E-state index is -0.0843. The molecule has 19 heavy (non-hydrogen) atoms. The molecule has 2 N–H and O–H groups in total. The molecule has 5 nitrogen and oxygen atoms in total. The van der Waals surface area contributed by atoms with Crippen LogP contribution in [0.25, 0.3) is 0 Å². The summed E-state index contributed by atoms with van der Waals surface area (Å²) in [5, 5.41) is 10.9. The van der Waals surface area contributed by atoms with E-state index in [4.69, 9.17) is 0 Å². The van der Waals surface area contributed by atoms with Gasteiger partial charge in [-0.25, -0.2) is 4.68 Å². The number of nitrogens with zero attached hydrogens (tertiary/aromatic N) is 2. The maximum Gasteiger partial charge on any atom is 0.283 e. The van der Waals surface area contributed by atoms with Crippen molar-refractivity contribution in [3.05, 3.63) is 21.0 Å². The van der Waals surface area contributed by atoms with Gasteiger partial charge in [-0.2, -0.15) is 5.10 Å². The SMILES string of the molecule is CC(C)n1ncc(NCCC2CCCN2)c(Br)c1=O. The van der Waals surface area contributed by atoms with Gasteiger partial charge in [-0.05, 0) is 55.6 Å². The first kappa shape index (κ1) is 14.5. The predicted octanol–water partition coefficient (Wildman–Crippen LogP) is 2.14. The van der Waals surface area contributed by atoms with Crippen LogP contribution in [0, 0.1) is 0 Å². The lowest BCUT2D eigenvalue weighted by Crippen LogP contribution is -2.27. The van der Waals surface area contributed by atoms with Crippen molar-refractivity contribution in [1.29, 1.82) is 0 Å². The second-order valence-electron chi connectivity index (χ2n) is 5.22. The Morgan fingerprint density at radius 2 is 2.42 bits per heavy atom. The van der Waals surface area contributed by atoms with Gasteiger partial charge in [0.05, 0.1) is 17.9 Å². The summed E-state index contributed by atoms with van der Waals surface area (Å²) in [6.07, 6.45) is 5.30. The van der Waals surface area contributed by atoms with Crippen molar-refractivity contribution in [3.63, 3.8) is 0 Å². The first-order chi connectivity index (χ1) is 9.09. The van der Waals surface area contributed by atoms with Crippen LogP contribution in [0.2, 0.25) is 0 Å². The Balaban J connectivity index is 1.97. The Bertz CT molecular complexity index is 480. The molecule has 0 radical (unpaired) electrons. The van der Waals surface area contributed by atoms with Crippen LogP contribution < -0.4 is 16.2 Å². The molecule has 6 heteroatoms. The number of nitrogens with one attached hydrogen (secondary N) is 2. The van der Waals surface area contributed by atoms with Gasteiger partial charge in [-0.1, -0.05) is 0 Å². The van der Waals surface area contributed by atoms with Crippen LogP contribution in [0.3, 0.4) is 0 Å². The number of hydrogen-bond acceptors (Lipinski definition) is 4. The molecule has 1 aromatic rings. The fourth-order valence-corrected chi connectivity index (χ4v) is 2.74. The largest absolute Gasteiger partial charge is 0.383 e. The average Bonchev–Trinajstić information content (AvgIpc) is 2.87. The normalized spacial score (nSPS) is 19.1. The molecule has 1 fully saturated rings. The van der Waals surface area contributed by atoms with Crippen LogP contribution in [0.15, 0.2) is 15.5 Å². The van der Waals surface area contributed by atoms with Crippen LogP contribution in [0.5, 0.6) is 0 Å². The van der Waals surface area contributed by atoms with E-state index in [1.54, 1.807) is 6.20 Å². The Kier molecular flexibility index (Phi) is 4.99. The van der Waals surface area contributed by atoms with E-state index in [0.717, 1.165) is 25.2 Å². The van der Waals surface area contributed by atoms with Gasteiger partial charge in [-0.3, -0.25) is 4.79 Å². The molecule has 1 aliphatic heterocycles. The van der Waals surface area contributed by atoms with Gasteiger partial charge < -0.3 is 10.6 Å². The monoisotopic (exact) mass is 328 g/mol. The summed E-state index contributed by atoms with van der Waals surface area (Å²) in [6.45, 7) is 5.86. The topological polar surface area (TPSA) is 59.0 Å². The molecule has 1 aliphatic rings. The number of halogens is 1. The molecule has 2 heterocycles. The summed E-state index contributed by atoms with van der Waals surface area (Å²) >= 11 is 3.36. The van der Waals surface area contributed by atoms with Crippen molar-refractivity contribution < 1.29 is 0 Å². The first-order valence-corrected chi connectivity index (χ1v) is 7.63. The summed E-state index contributed by atoms with van der Waals surface area (Å²) in [6, 6.07) is 0.677. The molecule has 0 spiro atoms. The second-order valence-corrected chi connectivity index (χ2v) is 6.02. The fourth-order valence-electron chi connectivity index (χ4n) is 2.32.